The van der Waals surface area contributed by atoms with E-state index in [9.17, 15) is 0 Å². The lowest BCUT2D eigenvalue weighted by molar-refractivity contribution is 1.19. The molecule has 0 amide bonds. The van der Waals surface area contributed by atoms with Gasteiger partial charge in [0, 0.05) is 11.1 Å². The first-order valence-corrected chi connectivity index (χ1v) is 7.98. The van der Waals surface area contributed by atoms with Crippen LogP contribution >= 0.6 is 27.3 Å². The zero-order valence-corrected chi connectivity index (χ0v) is 13.1. The monoisotopic (exact) mass is 344 g/mol. The summed E-state index contributed by atoms with van der Waals surface area (Å²) >= 11 is 4.97. The number of aromatic nitrogens is 1. The van der Waals surface area contributed by atoms with Crippen LogP contribution in [0.2, 0.25) is 0 Å². The molecule has 3 aromatic rings. The lowest BCUT2D eigenvalue weighted by Gasteiger charge is -2.10. The molecule has 1 aromatic heterocycles. The second-order valence-electron chi connectivity index (χ2n) is 4.42. The third kappa shape index (κ3) is 3.26. The van der Waals surface area contributed by atoms with Crippen LogP contribution in [0.4, 0.5) is 10.8 Å². The fourth-order valence-electron chi connectivity index (χ4n) is 2.04. The van der Waals surface area contributed by atoms with E-state index < -0.39 is 0 Å². The van der Waals surface area contributed by atoms with Crippen LogP contribution in [0.15, 0.2) is 64.6 Å². The molecule has 0 aliphatic carbocycles. The van der Waals surface area contributed by atoms with Gasteiger partial charge in [0.25, 0.3) is 0 Å². The van der Waals surface area contributed by atoms with Gasteiger partial charge in [-0.15, -0.1) is 11.3 Å². The minimum Gasteiger partial charge on any atom is -0.331 e. The van der Waals surface area contributed by atoms with Crippen molar-refractivity contribution in [3.8, 4) is 0 Å². The molecule has 0 saturated carbocycles. The second kappa shape index (κ2) is 6.20. The molecule has 0 saturated heterocycles. The fraction of sp³-hybridized carbons (Fsp3) is 0.0625. The maximum atomic E-state index is 4.38. The Morgan fingerprint density at radius 2 is 1.75 bits per heavy atom. The summed E-state index contributed by atoms with van der Waals surface area (Å²) in [7, 11) is 0. The molecule has 3 rings (SSSR count). The van der Waals surface area contributed by atoms with Gasteiger partial charge in [0.1, 0.15) is 4.60 Å². The Morgan fingerprint density at radius 3 is 2.50 bits per heavy atom. The summed E-state index contributed by atoms with van der Waals surface area (Å²) in [6, 6.07) is 18.8. The van der Waals surface area contributed by atoms with E-state index in [1.807, 2.05) is 17.5 Å². The molecule has 0 bridgehead atoms. The third-order valence-electron chi connectivity index (χ3n) is 2.97. The number of benzene rings is 2. The van der Waals surface area contributed by atoms with Gasteiger partial charge in [-0.1, -0.05) is 48.5 Å². The molecule has 20 heavy (non-hydrogen) atoms. The molecular formula is C16H13BrN2S. The second-order valence-corrected chi connectivity index (χ2v) is 6.09. The molecule has 0 aliphatic heterocycles. The van der Waals surface area contributed by atoms with Crippen molar-refractivity contribution in [3.63, 3.8) is 0 Å². The van der Waals surface area contributed by atoms with Gasteiger partial charge >= 0.3 is 0 Å². The first-order valence-electron chi connectivity index (χ1n) is 6.31. The minimum atomic E-state index is 0.866. The maximum absolute atomic E-state index is 4.38. The van der Waals surface area contributed by atoms with Crippen molar-refractivity contribution in [3.05, 3.63) is 75.7 Å². The van der Waals surface area contributed by atoms with Gasteiger partial charge in [-0.2, -0.15) is 0 Å². The van der Waals surface area contributed by atoms with Crippen LogP contribution in [0.3, 0.4) is 0 Å². The van der Waals surface area contributed by atoms with Gasteiger partial charge in [-0.25, -0.2) is 4.98 Å². The highest BCUT2D eigenvalue weighted by Crippen LogP contribution is 2.26. The summed E-state index contributed by atoms with van der Waals surface area (Å²) in [6.45, 7) is 0. The van der Waals surface area contributed by atoms with E-state index in [0.717, 1.165) is 21.8 Å². The highest BCUT2D eigenvalue weighted by atomic mass is 79.9. The van der Waals surface area contributed by atoms with Crippen LogP contribution in [-0.2, 0) is 6.42 Å². The van der Waals surface area contributed by atoms with E-state index in [-0.39, 0.29) is 0 Å². The summed E-state index contributed by atoms with van der Waals surface area (Å²) in [5.41, 5.74) is 3.69. The Kier molecular flexibility index (Phi) is 4.14. The SMILES string of the molecule is Brc1csc(Nc2ccccc2Cc2ccccc2)n1. The van der Waals surface area contributed by atoms with Crippen LogP contribution in [0.5, 0.6) is 0 Å². The molecule has 0 radical (unpaired) electrons. The van der Waals surface area contributed by atoms with Crippen LogP contribution in [0, 0.1) is 0 Å². The van der Waals surface area contributed by atoms with Gasteiger partial charge in [0.2, 0.25) is 0 Å². The predicted molar refractivity (Wildman–Crippen MR) is 88.8 cm³/mol. The lowest BCUT2D eigenvalue weighted by atomic mass is 10.0. The van der Waals surface area contributed by atoms with Crippen LogP contribution in [-0.4, -0.2) is 4.98 Å². The Labute approximate surface area is 130 Å². The van der Waals surface area contributed by atoms with Crippen molar-refractivity contribution in [2.45, 2.75) is 6.42 Å². The summed E-state index contributed by atoms with van der Waals surface area (Å²) < 4.78 is 0.866. The quantitative estimate of drug-likeness (QED) is 0.699. The van der Waals surface area contributed by atoms with E-state index in [2.05, 4.69) is 68.7 Å². The standard InChI is InChI=1S/C16H13BrN2S/c17-15-11-20-16(19-15)18-14-9-5-4-8-13(14)10-12-6-2-1-3-7-12/h1-9,11H,10H2,(H,18,19). The average molecular weight is 345 g/mol. The molecule has 2 nitrogen and oxygen atoms in total. The zero-order valence-electron chi connectivity index (χ0n) is 10.7. The molecule has 0 unspecified atom stereocenters. The van der Waals surface area contributed by atoms with Crippen molar-refractivity contribution >= 4 is 38.1 Å². The topological polar surface area (TPSA) is 24.9 Å². The molecule has 100 valence electrons. The zero-order chi connectivity index (χ0) is 13.8. The van der Waals surface area contributed by atoms with Crippen molar-refractivity contribution in [1.82, 2.24) is 4.98 Å². The molecule has 1 N–H and O–H groups in total. The number of thiazole rings is 1. The van der Waals surface area contributed by atoms with Crippen LogP contribution in [0.25, 0.3) is 0 Å². The molecule has 4 heteroatoms. The van der Waals surface area contributed by atoms with Gasteiger partial charge < -0.3 is 5.32 Å². The third-order valence-corrected chi connectivity index (χ3v) is 4.44. The van der Waals surface area contributed by atoms with Crippen molar-refractivity contribution in [2.75, 3.05) is 5.32 Å². The van der Waals surface area contributed by atoms with Gasteiger partial charge in [-0.05, 0) is 39.5 Å². The first-order chi connectivity index (χ1) is 9.81. The maximum Gasteiger partial charge on any atom is 0.188 e. The number of rotatable bonds is 4. The molecule has 2 aromatic carbocycles. The van der Waals surface area contributed by atoms with Gasteiger partial charge in [-0.3, -0.25) is 0 Å². The normalized spacial score (nSPS) is 10.4. The number of halogens is 1. The molecular weight excluding hydrogens is 332 g/mol. The van der Waals surface area contributed by atoms with E-state index >= 15 is 0 Å². The minimum absolute atomic E-state index is 0.866. The first kappa shape index (κ1) is 13.3. The van der Waals surface area contributed by atoms with E-state index in [1.54, 1.807) is 11.3 Å². The molecule has 1 heterocycles. The van der Waals surface area contributed by atoms with Crippen LogP contribution in [0.1, 0.15) is 11.1 Å². The van der Waals surface area contributed by atoms with E-state index in [4.69, 9.17) is 0 Å². The fourth-order valence-corrected chi connectivity index (χ4v) is 3.20. The van der Waals surface area contributed by atoms with E-state index in [1.165, 1.54) is 11.1 Å². The summed E-state index contributed by atoms with van der Waals surface area (Å²) in [6.07, 6.45) is 0.913. The molecule has 0 fully saturated rings. The average Bonchev–Trinajstić information content (AvgIpc) is 2.88. The van der Waals surface area contributed by atoms with E-state index in [0.29, 0.717) is 0 Å². The number of hydrogen-bond donors (Lipinski definition) is 1. The number of anilines is 2. The Hall–Kier alpha value is -1.65. The highest BCUT2D eigenvalue weighted by molar-refractivity contribution is 9.10. The van der Waals surface area contributed by atoms with Crippen molar-refractivity contribution in [1.29, 1.82) is 0 Å². The Balaban J connectivity index is 1.84. The smallest absolute Gasteiger partial charge is 0.188 e. The van der Waals surface area contributed by atoms with Gasteiger partial charge in [0.05, 0.1) is 0 Å². The summed E-state index contributed by atoms with van der Waals surface area (Å²) in [4.78, 5) is 4.38. The van der Waals surface area contributed by atoms with Crippen LogP contribution < -0.4 is 5.32 Å². The molecule has 0 aliphatic rings. The number of nitrogens with zero attached hydrogens (tertiary/aromatic N) is 1. The van der Waals surface area contributed by atoms with Gasteiger partial charge in [0.15, 0.2) is 5.13 Å². The number of hydrogen-bond acceptors (Lipinski definition) is 3. The number of para-hydroxylation sites is 1. The summed E-state index contributed by atoms with van der Waals surface area (Å²) in [5.74, 6) is 0. The Bertz CT molecular complexity index is 694. The number of nitrogens with one attached hydrogen (secondary N) is 1. The Morgan fingerprint density at radius 1 is 1.00 bits per heavy atom. The van der Waals surface area contributed by atoms with Crippen molar-refractivity contribution in [2.24, 2.45) is 0 Å². The summed E-state index contributed by atoms with van der Waals surface area (Å²) in [5, 5.41) is 6.27. The highest BCUT2D eigenvalue weighted by Gasteiger charge is 2.05. The van der Waals surface area contributed by atoms with Crippen molar-refractivity contribution < 1.29 is 0 Å². The molecule has 0 atom stereocenters. The lowest BCUT2D eigenvalue weighted by Crippen LogP contribution is -1.96. The molecule has 0 spiro atoms. The predicted octanol–water partition coefficient (Wildman–Crippen LogP) is 5.24. The largest absolute Gasteiger partial charge is 0.331 e.